The third-order valence-electron chi connectivity index (χ3n) is 7.55. The SMILES string of the molecule is Cc1cc(=O)n(CCN2CCC(NCc3ccc4c(c3)OCCO4)CC2)c2cc(OC3CC3)ccc12.Cl. The number of hydrogen-bond donors (Lipinski definition) is 1. The van der Waals surface area contributed by atoms with Gasteiger partial charge in [0.05, 0.1) is 11.6 Å². The lowest BCUT2D eigenvalue weighted by molar-refractivity contribution is 0.171. The first-order chi connectivity index (χ1) is 17.6. The van der Waals surface area contributed by atoms with Gasteiger partial charge >= 0.3 is 0 Å². The second kappa shape index (κ2) is 11.3. The molecule has 1 N–H and O–H groups in total. The van der Waals surface area contributed by atoms with Crippen LogP contribution in [-0.2, 0) is 13.1 Å². The molecule has 3 heterocycles. The maximum Gasteiger partial charge on any atom is 0.251 e. The Morgan fingerprint density at radius 3 is 2.51 bits per heavy atom. The zero-order valence-corrected chi connectivity index (χ0v) is 22.2. The van der Waals surface area contributed by atoms with Crippen LogP contribution in [0.1, 0.15) is 36.8 Å². The molecule has 1 aromatic heterocycles. The zero-order chi connectivity index (χ0) is 24.5. The van der Waals surface area contributed by atoms with E-state index in [1.807, 2.05) is 23.6 Å². The summed E-state index contributed by atoms with van der Waals surface area (Å²) < 4.78 is 19.3. The number of nitrogens with one attached hydrogen (secondary N) is 1. The van der Waals surface area contributed by atoms with Crippen LogP contribution in [0.2, 0.25) is 0 Å². The largest absolute Gasteiger partial charge is 0.490 e. The van der Waals surface area contributed by atoms with Crippen LogP contribution >= 0.6 is 12.4 Å². The molecule has 7 nitrogen and oxygen atoms in total. The van der Waals surface area contributed by atoms with E-state index in [1.165, 1.54) is 5.56 Å². The second-order valence-corrected chi connectivity index (χ2v) is 10.3. The van der Waals surface area contributed by atoms with Crippen LogP contribution in [0.15, 0.2) is 47.3 Å². The van der Waals surface area contributed by atoms with Crippen molar-refractivity contribution in [2.24, 2.45) is 0 Å². The van der Waals surface area contributed by atoms with E-state index in [-0.39, 0.29) is 18.0 Å². The van der Waals surface area contributed by atoms with Gasteiger partial charge in [0.1, 0.15) is 19.0 Å². The van der Waals surface area contributed by atoms with E-state index in [9.17, 15) is 4.79 Å². The van der Waals surface area contributed by atoms with Crippen molar-refractivity contribution in [2.45, 2.75) is 57.8 Å². The standard InChI is InChI=1S/C29H35N3O4.ClH/c1-20-16-29(33)32(26-18-24(5-6-25(20)26)36-23-3-4-23)13-12-31-10-8-22(9-11-31)30-19-21-2-7-27-28(17-21)35-15-14-34-27;/h2,5-7,16-18,22-23,30H,3-4,8-15,19H2,1H3;1H. The Morgan fingerprint density at radius 1 is 0.946 bits per heavy atom. The van der Waals surface area contributed by atoms with Crippen LogP contribution < -0.4 is 25.1 Å². The van der Waals surface area contributed by atoms with Gasteiger partial charge in [0.2, 0.25) is 0 Å². The molecule has 0 amide bonds. The summed E-state index contributed by atoms with van der Waals surface area (Å²) in [5.74, 6) is 2.56. The number of rotatable bonds is 8. The Bertz CT molecular complexity index is 1300. The van der Waals surface area contributed by atoms with Crippen LogP contribution in [0.25, 0.3) is 10.9 Å². The van der Waals surface area contributed by atoms with Gasteiger partial charge in [-0.2, -0.15) is 0 Å². The second-order valence-electron chi connectivity index (χ2n) is 10.3. The summed E-state index contributed by atoms with van der Waals surface area (Å²) in [4.78, 5) is 15.4. The van der Waals surface area contributed by atoms with Crippen LogP contribution in [0, 0.1) is 6.92 Å². The van der Waals surface area contributed by atoms with Gasteiger partial charge in [-0.3, -0.25) is 4.79 Å². The first-order valence-corrected chi connectivity index (χ1v) is 13.3. The highest BCUT2D eigenvalue weighted by atomic mass is 35.5. The maximum atomic E-state index is 12.9. The Kier molecular flexibility index (Phi) is 7.93. The van der Waals surface area contributed by atoms with E-state index in [1.54, 1.807) is 6.07 Å². The van der Waals surface area contributed by atoms with E-state index >= 15 is 0 Å². The number of halogens is 1. The van der Waals surface area contributed by atoms with Gasteiger partial charge in [-0.05, 0) is 81.1 Å². The van der Waals surface area contributed by atoms with E-state index in [0.717, 1.165) is 85.6 Å². The molecule has 1 saturated heterocycles. The van der Waals surface area contributed by atoms with E-state index in [2.05, 4.69) is 34.5 Å². The Balaban J connectivity index is 0.00000280. The highest BCUT2D eigenvalue weighted by molar-refractivity contribution is 5.85. The van der Waals surface area contributed by atoms with E-state index in [4.69, 9.17) is 14.2 Å². The molecule has 3 aliphatic rings. The quantitative estimate of drug-likeness (QED) is 0.473. The molecule has 2 aliphatic heterocycles. The number of benzene rings is 2. The molecule has 198 valence electrons. The number of aryl methyl sites for hydroxylation is 1. The van der Waals surface area contributed by atoms with Gasteiger partial charge in [-0.25, -0.2) is 0 Å². The van der Waals surface area contributed by atoms with Crippen LogP contribution in [0.3, 0.4) is 0 Å². The molecule has 2 fully saturated rings. The van der Waals surface area contributed by atoms with Crippen molar-refractivity contribution < 1.29 is 14.2 Å². The number of aromatic nitrogens is 1. The van der Waals surface area contributed by atoms with Gasteiger partial charge in [0, 0.05) is 43.2 Å². The monoisotopic (exact) mass is 525 g/mol. The van der Waals surface area contributed by atoms with Gasteiger partial charge in [-0.1, -0.05) is 6.07 Å². The van der Waals surface area contributed by atoms with Crippen molar-refractivity contribution in [3.05, 3.63) is 63.9 Å². The minimum absolute atomic E-state index is 0. The van der Waals surface area contributed by atoms with Crippen LogP contribution in [0.4, 0.5) is 0 Å². The summed E-state index contributed by atoms with van der Waals surface area (Å²) in [6.45, 7) is 7.71. The normalized spacial score (nSPS) is 18.0. The van der Waals surface area contributed by atoms with E-state index < -0.39 is 0 Å². The summed E-state index contributed by atoms with van der Waals surface area (Å²) in [7, 11) is 0. The lowest BCUT2D eigenvalue weighted by Gasteiger charge is -2.32. The van der Waals surface area contributed by atoms with Crippen LogP contribution in [-0.4, -0.2) is 54.5 Å². The predicted molar refractivity (Wildman–Crippen MR) is 148 cm³/mol. The third-order valence-corrected chi connectivity index (χ3v) is 7.55. The van der Waals surface area contributed by atoms with Gasteiger partial charge < -0.3 is 29.0 Å². The number of nitrogens with zero attached hydrogens (tertiary/aromatic N) is 2. The Labute approximate surface area is 224 Å². The van der Waals surface area contributed by atoms with Crippen molar-refractivity contribution >= 4 is 23.3 Å². The first-order valence-electron chi connectivity index (χ1n) is 13.3. The first kappa shape index (κ1) is 25.9. The van der Waals surface area contributed by atoms with Gasteiger partial charge in [-0.15, -0.1) is 12.4 Å². The van der Waals surface area contributed by atoms with Crippen molar-refractivity contribution in [1.82, 2.24) is 14.8 Å². The van der Waals surface area contributed by atoms with Crippen molar-refractivity contribution in [3.8, 4) is 17.2 Å². The molecule has 3 aromatic rings. The fourth-order valence-electron chi connectivity index (χ4n) is 5.27. The predicted octanol–water partition coefficient (Wildman–Crippen LogP) is 4.30. The molecule has 0 unspecified atom stereocenters. The molecule has 0 atom stereocenters. The fourth-order valence-corrected chi connectivity index (χ4v) is 5.27. The molecule has 0 radical (unpaired) electrons. The number of hydrogen-bond acceptors (Lipinski definition) is 6. The third kappa shape index (κ3) is 6.06. The molecule has 8 heteroatoms. The summed E-state index contributed by atoms with van der Waals surface area (Å²) in [6, 6.07) is 14.6. The van der Waals surface area contributed by atoms with Gasteiger partial charge in [0.15, 0.2) is 11.5 Å². The van der Waals surface area contributed by atoms with Gasteiger partial charge in [0.25, 0.3) is 5.56 Å². The minimum atomic E-state index is 0. The summed E-state index contributed by atoms with van der Waals surface area (Å²) in [5.41, 5.74) is 3.29. The van der Waals surface area contributed by atoms with E-state index in [0.29, 0.717) is 31.9 Å². The number of piperidine rings is 1. The minimum Gasteiger partial charge on any atom is -0.490 e. The molecular weight excluding hydrogens is 490 g/mol. The number of ether oxygens (including phenoxy) is 3. The average molecular weight is 526 g/mol. The Morgan fingerprint density at radius 2 is 1.73 bits per heavy atom. The molecular formula is C29H36ClN3O4. The number of likely N-dealkylation sites (tertiary alicyclic amines) is 1. The topological polar surface area (TPSA) is 65.0 Å². The fraction of sp³-hybridized carbons (Fsp3) is 0.483. The Hall–Kier alpha value is -2.74. The lowest BCUT2D eigenvalue weighted by Crippen LogP contribution is -2.43. The molecule has 2 aromatic carbocycles. The summed E-state index contributed by atoms with van der Waals surface area (Å²) in [5, 5.41) is 4.84. The molecule has 1 aliphatic carbocycles. The summed E-state index contributed by atoms with van der Waals surface area (Å²) >= 11 is 0. The van der Waals surface area contributed by atoms with Crippen molar-refractivity contribution in [1.29, 1.82) is 0 Å². The molecule has 0 spiro atoms. The van der Waals surface area contributed by atoms with Crippen LogP contribution in [0.5, 0.6) is 17.2 Å². The average Bonchev–Trinajstić information content (AvgIpc) is 3.72. The highest BCUT2D eigenvalue weighted by Gasteiger charge is 2.24. The lowest BCUT2D eigenvalue weighted by atomic mass is 10.0. The molecule has 6 rings (SSSR count). The molecule has 0 bridgehead atoms. The zero-order valence-electron chi connectivity index (χ0n) is 21.4. The maximum absolute atomic E-state index is 12.9. The smallest absolute Gasteiger partial charge is 0.251 e. The summed E-state index contributed by atoms with van der Waals surface area (Å²) in [6.07, 6.45) is 4.80. The number of fused-ring (bicyclic) bond motifs is 2. The number of pyridine rings is 1. The highest BCUT2D eigenvalue weighted by Crippen LogP contribution is 2.31. The van der Waals surface area contributed by atoms with Crippen molar-refractivity contribution in [2.75, 3.05) is 32.8 Å². The molecule has 37 heavy (non-hydrogen) atoms. The van der Waals surface area contributed by atoms with Crippen molar-refractivity contribution in [3.63, 3.8) is 0 Å². The molecule has 1 saturated carbocycles.